The largest absolute Gasteiger partial charge is 0.497 e. The van der Waals surface area contributed by atoms with Gasteiger partial charge in [0.2, 0.25) is 5.91 Å². The summed E-state index contributed by atoms with van der Waals surface area (Å²) in [5.41, 5.74) is 3.91. The fraction of sp³-hybridized carbons (Fsp3) is 0.435. The summed E-state index contributed by atoms with van der Waals surface area (Å²) in [5, 5.41) is 2.96. The zero-order chi connectivity index (χ0) is 21.0. The number of methoxy groups -OCH3 is 3. The third-order valence-corrected chi connectivity index (χ3v) is 5.58. The van der Waals surface area contributed by atoms with Crippen molar-refractivity contribution in [1.29, 1.82) is 0 Å². The Morgan fingerprint density at radius 3 is 2.34 bits per heavy atom. The van der Waals surface area contributed by atoms with Crippen LogP contribution in [0.2, 0.25) is 0 Å². The van der Waals surface area contributed by atoms with E-state index in [9.17, 15) is 4.79 Å². The standard InChI is InChI=1S/C23H30N2O4/c1-6-25(7-2)14-16-10-15(8-9-20(16)28-4)18-13-22(26)24-19-11-17(27-3)12-21(29-5)23(18)19/h8-12,18H,6-7,13-14H2,1-5H3,(H,24,26). The van der Waals surface area contributed by atoms with Crippen molar-refractivity contribution in [2.24, 2.45) is 0 Å². The van der Waals surface area contributed by atoms with E-state index in [1.165, 1.54) is 0 Å². The molecule has 0 saturated carbocycles. The summed E-state index contributed by atoms with van der Waals surface area (Å²) in [6.45, 7) is 7.04. The lowest BCUT2D eigenvalue weighted by molar-refractivity contribution is -0.116. The first-order valence-corrected chi connectivity index (χ1v) is 9.99. The second-order valence-electron chi connectivity index (χ2n) is 7.13. The molecule has 1 unspecified atom stereocenters. The summed E-state index contributed by atoms with van der Waals surface area (Å²) in [6, 6.07) is 9.91. The summed E-state index contributed by atoms with van der Waals surface area (Å²) >= 11 is 0. The van der Waals surface area contributed by atoms with Gasteiger partial charge in [0.25, 0.3) is 0 Å². The normalized spacial score (nSPS) is 15.7. The third-order valence-electron chi connectivity index (χ3n) is 5.58. The first-order valence-electron chi connectivity index (χ1n) is 9.99. The van der Waals surface area contributed by atoms with Crippen molar-refractivity contribution in [2.75, 3.05) is 39.7 Å². The highest BCUT2D eigenvalue weighted by Gasteiger charge is 2.31. The van der Waals surface area contributed by atoms with Crippen molar-refractivity contribution < 1.29 is 19.0 Å². The van der Waals surface area contributed by atoms with Crippen LogP contribution in [-0.4, -0.2) is 45.2 Å². The number of nitrogens with zero attached hydrogens (tertiary/aromatic N) is 1. The molecule has 0 spiro atoms. The van der Waals surface area contributed by atoms with Crippen LogP contribution in [0.25, 0.3) is 0 Å². The van der Waals surface area contributed by atoms with E-state index in [1.54, 1.807) is 21.3 Å². The van der Waals surface area contributed by atoms with Crippen molar-refractivity contribution in [3.63, 3.8) is 0 Å². The predicted molar refractivity (Wildman–Crippen MR) is 114 cm³/mol. The molecule has 6 heteroatoms. The average molecular weight is 399 g/mol. The minimum atomic E-state index is -0.0963. The van der Waals surface area contributed by atoms with Crippen molar-refractivity contribution in [1.82, 2.24) is 4.90 Å². The molecule has 1 N–H and O–H groups in total. The fourth-order valence-electron chi connectivity index (χ4n) is 3.95. The SMILES string of the molecule is CCN(CC)Cc1cc(C2CC(=O)Nc3cc(OC)cc(OC)c32)ccc1OC. The van der Waals surface area contributed by atoms with Gasteiger partial charge < -0.3 is 19.5 Å². The lowest BCUT2D eigenvalue weighted by Crippen LogP contribution is -2.25. The molecular weight excluding hydrogens is 368 g/mol. The van der Waals surface area contributed by atoms with E-state index in [2.05, 4.69) is 30.1 Å². The highest BCUT2D eigenvalue weighted by atomic mass is 16.5. The first-order chi connectivity index (χ1) is 14.0. The predicted octanol–water partition coefficient (Wildman–Crippen LogP) is 4.03. The summed E-state index contributed by atoms with van der Waals surface area (Å²) in [5.74, 6) is 2.12. The molecular formula is C23H30N2O4. The summed E-state index contributed by atoms with van der Waals surface area (Å²) < 4.78 is 16.6. The number of carbonyl (C=O) groups is 1. The lowest BCUT2D eigenvalue weighted by Gasteiger charge is -2.29. The summed E-state index contributed by atoms with van der Waals surface area (Å²) in [6.07, 6.45) is 0.368. The monoisotopic (exact) mass is 398 g/mol. The number of rotatable bonds is 8. The third kappa shape index (κ3) is 4.32. The number of carbonyl (C=O) groups excluding carboxylic acids is 1. The van der Waals surface area contributed by atoms with E-state index in [0.717, 1.165) is 47.8 Å². The van der Waals surface area contributed by atoms with Crippen LogP contribution in [0.5, 0.6) is 17.2 Å². The molecule has 1 aliphatic heterocycles. The first kappa shape index (κ1) is 21.0. The number of benzene rings is 2. The zero-order valence-corrected chi connectivity index (χ0v) is 17.9. The van der Waals surface area contributed by atoms with Crippen LogP contribution in [0, 0.1) is 0 Å². The Kier molecular flexibility index (Phi) is 6.64. The molecule has 2 aromatic carbocycles. The molecule has 0 radical (unpaired) electrons. The molecule has 1 atom stereocenters. The number of hydrogen-bond acceptors (Lipinski definition) is 5. The second kappa shape index (κ2) is 9.18. The van der Waals surface area contributed by atoms with Crippen molar-refractivity contribution in [2.45, 2.75) is 32.7 Å². The van der Waals surface area contributed by atoms with Crippen LogP contribution in [0.1, 0.15) is 42.9 Å². The van der Waals surface area contributed by atoms with E-state index in [-0.39, 0.29) is 11.8 Å². The second-order valence-corrected chi connectivity index (χ2v) is 7.13. The van der Waals surface area contributed by atoms with Gasteiger partial charge in [0.05, 0.1) is 27.0 Å². The van der Waals surface area contributed by atoms with Gasteiger partial charge in [-0.05, 0) is 24.7 Å². The summed E-state index contributed by atoms with van der Waals surface area (Å²) in [7, 11) is 4.94. The zero-order valence-electron chi connectivity index (χ0n) is 17.9. The van der Waals surface area contributed by atoms with Crippen LogP contribution in [0.15, 0.2) is 30.3 Å². The Balaban J connectivity index is 2.08. The van der Waals surface area contributed by atoms with Gasteiger partial charge in [-0.25, -0.2) is 0 Å². The number of amides is 1. The van der Waals surface area contributed by atoms with Gasteiger partial charge in [-0.2, -0.15) is 0 Å². The van der Waals surface area contributed by atoms with Gasteiger partial charge in [-0.3, -0.25) is 9.69 Å². The molecule has 6 nitrogen and oxygen atoms in total. The molecule has 0 fully saturated rings. The van der Waals surface area contributed by atoms with Gasteiger partial charge >= 0.3 is 0 Å². The maximum absolute atomic E-state index is 12.5. The van der Waals surface area contributed by atoms with Crippen LogP contribution in [0.3, 0.4) is 0 Å². The van der Waals surface area contributed by atoms with E-state index in [0.29, 0.717) is 17.9 Å². The highest BCUT2D eigenvalue weighted by molar-refractivity contribution is 5.96. The van der Waals surface area contributed by atoms with E-state index in [4.69, 9.17) is 14.2 Å². The van der Waals surface area contributed by atoms with Crippen LogP contribution >= 0.6 is 0 Å². The quantitative estimate of drug-likeness (QED) is 0.728. The number of nitrogens with one attached hydrogen (secondary N) is 1. The van der Waals surface area contributed by atoms with Gasteiger partial charge in [0, 0.05) is 42.1 Å². The molecule has 3 rings (SSSR count). The Labute approximate surface area is 172 Å². The molecule has 0 bridgehead atoms. The maximum Gasteiger partial charge on any atom is 0.225 e. The Hall–Kier alpha value is -2.73. The molecule has 156 valence electrons. The fourth-order valence-corrected chi connectivity index (χ4v) is 3.95. The van der Waals surface area contributed by atoms with Crippen LogP contribution < -0.4 is 19.5 Å². The number of ether oxygens (including phenoxy) is 3. The minimum Gasteiger partial charge on any atom is -0.497 e. The Bertz CT molecular complexity index is 877. The average Bonchev–Trinajstić information content (AvgIpc) is 2.75. The van der Waals surface area contributed by atoms with Crippen molar-refractivity contribution in [3.05, 3.63) is 47.0 Å². The maximum atomic E-state index is 12.5. The molecule has 0 aromatic heterocycles. The Morgan fingerprint density at radius 1 is 1.00 bits per heavy atom. The highest BCUT2D eigenvalue weighted by Crippen LogP contribution is 2.45. The van der Waals surface area contributed by atoms with E-state index in [1.807, 2.05) is 24.3 Å². The van der Waals surface area contributed by atoms with Gasteiger partial charge in [-0.15, -0.1) is 0 Å². The molecule has 1 aliphatic rings. The molecule has 0 saturated heterocycles. The van der Waals surface area contributed by atoms with E-state index < -0.39 is 0 Å². The molecule has 2 aromatic rings. The number of anilines is 1. The van der Waals surface area contributed by atoms with Gasteiger partial charge in [0.15, 0.2) is 0 Å². The van der Waals surface area contributed by atoms with Crippen molar-refractivity contribution in [3.8, 4) is 17.2 Å². The van der Waals surface area contributed by atoms with Gasteiger partial charge in [0.1, 0.15) is 17.2 Å². The van der Waals surface area contributed by atoms with E-state index >= 15 is 0 Å². The number of hydrogen-bond donors (Lipinski definition) is 1. The lowest BCUT2D eigenvalue weighted by atomic mass is 9.83. The molecule has 29 heavy (non-hydrogen) atoms. The Morgan fingerprint density at radius 2 is 1.72 bits per heavy atom. The van der Waals surface area contributed by atoms with Crippen LogP contribution in [0.4, 0.5) is 5.69 Å². The smallest absolute Gasteiger partial charge is 0.225 e. The molecule has 1 amide bonds. The van der Waals surface area contributed by atoms with Crippen molar-refractivity contribution >= 4 is 11.6 Å². The van der Waals surface area contributed by atoms with Crippen LogP contribution in [-0.2, 0) is 11.3 Å². The minimum absolute atomic E-state index is 0.0149. The molecule has 0 aliphatic carbocycles. The summed E-state index contributed by atoms with van der Waals surface area (Å²) in [4.78, 5) is 14.8. The molecule has 1 heterocycles. The van der Waals surface area contributed by atoms with Gasteiger partial charge in [-0.1, -0.05) is 26.0 Å². The number of fused-ring (bicyclic) bond motifs is 1. The topological polar surface area (TPSA) is 60.0 Å².